The molecule has 4 aromatic rings. The fourth-order valence-corrected chi connectivity index (χ4v) is 11.1. The van der Waals surface area contributed by atoms with Crippen LogP contribution < -0.4 is 0 Å². The molecule has 0 bridgehead atoms. The molecule has 2 aliphatic heterocycles. The second-order valence-corrected chi connectivity index (χ2v) is 29.5. The highest BCUT2D eigenvalue weighted by Gasteiger charge is 2.53. The number of hydrazine groups is 1. The summed E-state index contributed by atoms with van der Waals surface area (Å²) < 4.78 is 15.2. The molecule has 0 aromatic heterocycles. The summed E-state index contributed by atoms with van der Waals surface area (Å²) in [6.45, 7) is 23.1. The molecular formula is C48H66N4O6Si2. The zero-order chi connectivity index (χ0) is 43.6. The van der Waals surface area contributed by atoms with Gasteiger partial charge in [-0.15, -0.1) is 0 Å². The van der Waals surface area contributed by atoms with Gasteiger partial charge in [0, 0.05) is 36.3 Å². The van der Waals surface area contributed by atoms with Gasteiger partial charge in [0.25, 0.3) is 11.4 Å². The summed E-state index contributed by atoms with van der Waals surface area (Å²) in [7, 11) is -4.64. The molecule has 4 aromatic carbocycles. The van der Waals surface area contributed by atoms with E-state index in [0.29, 0.717) is 12.8 Å². The average molecular weight is 851 g/mol. The van der Waals surface area contributed by atoms with E-state index in [1.54, 1.807) is 24.3 Å². The first-order valence-electron chi connectivity index (χ1n) is 21.7. The average Bonchev–Trinajstić information content (AvgIpc) is 3.79. The Labute approximate surface area is 359 Å². The number of hydrogen-bond donors (Lipinski definition) is 0. The first-order chi connectivity index (χ1) is 28.2. The zero-order valence-electron chi connectivity index (χ0n) is 37.3. The van der Waals surface area contributed by atoms with E-state index in [-0.39, 0.29) is 67.7 Å². The molecule has 0 amide bonds. The molecule has 60 heavy (non-hydrogen) atoms. The smallest absolute Gasteiger partial charge is 0.269 e. The van der Waals surface area contributed by atoms with Crippen molar-refractivity contribution in [2.24, 2.45) is 0 Å². The predicted octanol–water partition coefficient (Wildman–Crippen LogP) is 12.4. The van der Waals surface area contributed by atoms with Crippen LogP contribution in [0, 0.1) is 20.2 Å². The molecule has 2 fully saturated rings. The maximum Gasteiger partial charge on any atom is 0.269 e. The topological polar surface area (TPSA) is 111 Å². The van der Waals surface area contributed by atoms with Gasteiger partial charge in [-0.3, -0.25) is 20.2 Å². The van der Waals surface area contributed by atoms with Crippen LogP contribution >= 0.6 is 0 Å². The van der Waals surface area contributed by atoms with Crippen molar-refractivity contribution in [2.45, 2.75) is 153 Å². The zero-order valence-corrected chi connectivity index (χ0v) is 39.3. The van der Waals surface area contributed by atoms with Crippen molar-refractivity contribution in [3.63, 3.8) is 0 Å². The second kappa shape index (κ2) is 18.1. The van der Waals surface area contributed by atoms with E-state index >= 15 is 0 Å². The van der Waals surface area contributed by atoms with Gasteiger partial charge in [-0.05, 0) is 97.0 Å². The van der Waals surface area contributed by atoms with Gasteiger partial charge in [-0.25, -0.2) is 10.0 Å². The highest BCUT2D eigenvalue weighted by molar-refractivity contribution is 6.74. The van der Waals surface area contributed by atoms with Crippen LogP contribution in [0.1, 0.15) is 102 Å². The Bertz CT molecular complexity index is 1900. The van der Waals surface area contributed by atoms with Crippen LogP contribution in [-0.2, 0) is 21.7 Å². The summed E-state index contributed by atoms with van der Waals surface area (Å²) in [6, 6.07) is 35.6. The van der Waals surface area contributed by atoms with Crippen molar-refractivity contribution < 1.29 is 18.7 Å². The predicted molar refractivity (Wildman–Crippen MR) is 246 cm³/mol. The summed E-state index contributed by atoms with van der Waals surface area (Å²) in [4.78, 5) is 22.7. The standard InChI is InChI=1S/C48H66N4O6Si2/c1-47(2,3)59(7,8)57-45(37-17-13-11-14-18-37)43-31-29-41(33-35-21-25-39(26-22-35)51(53)54)49(43)50-42(34-36-23-27-40(28-24-36)52(55)56)30-32-44(50)46(38-19-15-12-16-20-38)58-60(9,10)48(4,5)6/h11-28,41-46H,29-34H2,1-10H3/t41-,42+,43-,44-,45?,46?/m1/s1. The van der Waals surface area contributed by atoms with E-state index in [2.05, 4.69) is 138 Å². The fourth-order valence-electron chi connectivity index (χ4n) is 8.55. The van der Waals surface area contributed by atoms with E-state index in [9.17, 15) is 20.2 Å². The first-order valence-corrected chi connectivity index (χ1v) is 27.5. The Kier molecular flexibility index (Phi) is 13.7. The van der Waals surface area contributed by atoms with Crippen LogP contribution in [0.4, 0.5) is 11.4 Å². The Hall–Kier alpha value is -4.05. The Morgan fingerprint density at radius 1 is 0.550 bits per heavy atom. The molecule has 0 spiro atoms. The summed E-state index contributed by atoms with van der Waals surface area (Å²) in [5.74, 6) is 0. The quantitative estimate of drug-likeness (QED) is 0.0660. The summed E-state index contributed by atoms with van der Waals surface area (Å²) >= 11 is 0. The Balaban J connectivity index is 1.54. The number of nitro benzene ring substituents is 2. The van der Waals surface area contributed by atoms with Gasteiger partial charge in [0.15, 0.2) is 16.6 Å². The van der Waals surface area contributed by atoms with Gasteiger partial charge >= 0.3 is 0 Å². The summed E-state index contributed by atoms with van der Waals surface area (Å²) in [5.41, 5.74) is 4.60. The normalized spacial score (nSPS) is 21.8. The second-order valence-electron chi connectivity index (χ2n) is 20.0. The minimum Gasteiger partial charge on any atom is -0.408 e. The molecule has 2 aliphatic rings. The van der Waals surface area contributed by atoms with E-state index in [4.69, 9.17) is 8.85 Å². The summed E-state index contributed by atoms with van der Waals surface area (Å²) in [6.07, 6.45) is 4.62. The SMILES string of the molecule is CC(C)(C)[Si](C)(C)OC(c1ccccc1)[C@H]1CC[C@H](Cc2ccc([N+](=O)[O-])cc2)N1N1[C@H](Cc2ccc([N+](=O)[O-])cc2)CC[C@@H]1C(O[Si](C)(C)C(C)(C)C)c1ccccc1. The molecule has 322 valence electrons. The first kappa shape index (κ1) is 45.5. The minimum absolute atomic E-state index is 0.0196. The number of nitro groups is 2. The lowest BCUT2D eigenvalue weighted by Gasteiger charge is -2.50. The maximum atomic E-state index is 11.7. The Morgan fingerprint density at radius 3 is 1.15 bits per heavy atom. The van der Waals surface area contributed by atoms with Gasteiger partial charge in [-0.1, -0.05) is 126 Å². The number of rotatable bonds is 15. The summed E-state index contributed by atoms with van der Waals surface area (Å²) in [5, 5.41) is 28.7. The van der Waals surface area contributed by atoms with Crippen molar-refractivity contribution >= 4 is 28.0 Å². The molecule has 6 atom stereocenters. The number of non-ortho nitro benzene ring substituents is 2. The van der Waals surface area contributed by atoms with Crippen LogP contribution in [0.3, 0.4) is 0 Å². The lowest BCUT2D eigenvalue weighted by Crippen LogP contribution is -2.60. The van der Waals surface area contributed by atoms with E-state index in [1.807, 2.05) is 24.3 Å². The van der Waals surface area contributed by atoms with Gasteiger partial charge in [0.2, 0.25) is 0 Å². The molecular weight excluding hydrogens is 785 g/mol. The molecule has 2 unspecified atom stereocenters. The highest BCUT2D eigenvalue weighted by atomic mass is 28.4. The van der Waals surface area contributed by atoms with Gasteiger partial charge in [0.05, 0.1) is 34.1 Å². The van der Waals surface area contributed by atoms with Crippen LogP contribution in [0.5, 0.6) is 0 Å². The monoisotopic (exact) mass is 850 g/mol. The molecule has 2 heterocycles. The van der Waals surface area contributed by atoms with Crippen LogP contribution in [0.15, 0.2) is 109 Å². The van der Waals surface area contributed by atoms with Gasteiger partial charge in [-0.2, -0.15) is 0 Å². The third-order valence-corrected chi connectivity index (χ3v) is 22.8. The van der Waals surface area contributed by atoms with Crippen LogP contribution in [0.25, 0.3) is 0 Å². The lowest BCUT2D eigenvalue weighted by molar-refractivity contribution is -0.385. The molecule has 0 N–H and O–H groups in total. The molecule has 12 heteroatoms. The van der Waals surface area contributed by atoms with E-state index in [1.165, 1.54) is 0 Å². The van der Waals surface area contributed by atoms with Crippen molar-refractivity contribution in [3.05, 3.63) is 152 Å². The highest BCUT2D eigenvalue weighted by Crippen LogP contribution is 2.50. The largest absolute Gasteiger partial charge is 0.408 e. The molecule has 10 nitrogen and oxygen atoms in total. The molecule has 0 radical (unpaired) electrons. The van der Waals surface area contributed by atoms with Gasteiger partial charge < -0.3 is 8.85 Å². The minimum atomic E-state index is -2.32. The maximum absolute atomic E-state index is 11.7. The van der Waals surface area contributed by atoms with Crippen molar-refractivity contribution in [3.8, 4) is 0 Å². The number of benzene rings is 4. The van der Waals surface area contributed by atoms with E-state index in [0.717, 1.165) is 47.9 Å². The third kappa shape index (κ3) is 10.2. The molecule has 2 saturated heterocycles. The molecule has 0 saturated carbocycles. The molecule has 0 aliphatic carbocycles. The van der Waals surface area contributed by atoms with Crippen molar-refractivity contribution in [1.29, 1.82) is 0 Å². The Morgan fingerprint density at radius 2 is 0.867 bits per heavy atom. The van der Waals surface area contributed by atoms with Crippen LogP contribution in [-0.4, -0.2) is 60.7 Å². The van der Waals surface area contributed by atoms with Crippen molar-refractivity contribution in [2.75, 3.05) is 0 Å². The van der Waals surface area contributed by atoms with Gasteiger partial charge in [0.1, 0.15) is 0 Å². The van der Waals surface area contributed by atoms with Crippen LogP contribution in [0.2, 0.25) is 36.3 Å². The number of nitrogens with zero attached hydrogens (tertiary/aromatic N) is 4. The van der Waals surface area contributed by atoms with E-state index < -0.39 is 16.6 Å². The lowest BCUT2D eigenvalue weighted by atomic mass is 10.00. The number of hydrogen-bond acceptors (Lipinski definition) is 8. The molecule has 6 rings (SSSR count). The van der Waals surface area contributed by atoms with Crippen molar-refractivity contribution in [1.82, 2.24) is 10.0 Å². The fraction of sp³-hybridized carbons (Fsp3) is 0.500. The third-order valence-electron chi connectivity index (χ3n) is 13.9.